The molecule has 0 radical (unpaired) electrons. The molecule has 0 aliphatic carbocycles. The summed E-state index contributed by atoms with van der Waals surface area (Å²) in [5.74, 6) is -0.453. The molecule has 0 saturated carbocycles. The van der Waals surface area contributed by atoms with E-state index in [0.29, 0.717) is 5.56 Å². The number of carbonyl (C=O) groups excluding carboxylic acids is 1. The number of nitrogens with one attached hydrogen (secondary N) is 1. The van der Waals surface area contributed by atoms with Crippen LogP contribution in [-0.2, 0) is 20.4 Å². The number of benzene rings is 1. The summed E-state index contributed by atoms with van der Waals surface area (Å²) >= 11 is 0.845. The van der Waals surface area contributed by atoms with Crippen molar-refractivity contribution in [1.82, 2.24) is 10.2 Å². The van der Waals surface area contributed by atoms with E-state index >= 15 is 0 Å². The molecule has 0 spiro atoms. The van der Waals surface area contributed by atoms with E-state index in [9.17, 15) is 13.2 Å². The molecule has 2 rings (SSSR count). The number of rotatable bonds is 4. The first-order valence-electron chi connectivity index (χ1n) is 5.35. The zero-order valence-electron chi connectivity index (χ0n) is 10.0. The fraction of sp³-hybridized carbons (Fsp3) is 0.182. The fourth-order valence-corrected chi connectivity index (χ4v) is 3.76. The quantitative estimate of drug-likeness (QED) is 0.863. The molecule has 1 N–H and O–H groups in total. The van der Waals surface area contributed by atoms with E-state index in [1.807, 2.05) is 6.07 Å². The summed E-state index contributed by atoms with van der Waals surface area (Å²) in [5, 5.41) is 9.81. The second kappa shape index (κ2) is 5.45. The highest BCUT2D eigenvalue weighted by Gasteiger charge is 2.21. The van der Waals surface area contributed by atoms with Crippen molar-refractivity contribution in [3.05, 3.63) is 35.9 Å². The summed E-state index contributed by atoms with van der Waals surface area (Å²) in [6.45, 7) is 1.32. The van der Waals surface area contributed by atoms with E-state index in [1.165, 1.54) is 6.92 Å². The maximum Gasteiger partial charge on any atom is 0.234 e. The summed E-state index contributed by atoms with van der Waals surface area (Å²) in [4.78, 5) is 10.8. The smallest absolute Gasteiger partial charge is 0.234 e. The minimum atomic E-state index is -3.53. The Morgan fingerprint density at radius 1 is 1.26 bits per heavy atom. The second-order valence-electron chi connectivity index (χ2n) is 3.80. The van der Waals surface area contributed by atoms with Crippen molar-refractivity contribution in [1.29, 1.82) is 0 Å². The van der Waals surface area contributed by atoms with Gasteiger partial charge in [0.15, 0.2) is 0 Å². The highest BCUT2D eigenvalue weighted by molar-refractivity contribution is 7.92. The average molecular weight is 297 g/mol. The van der Waals surface area contributed by atoms with Crippen molar-refractivity contribution < 1.29 is 13.2 Å². The number of hydrogen-bond donors (Lipinski definition) is 1. The van der Waals surface area contributed by atoms with Crippen molar-refractivity contribution in [3.8, 4) is 0 Å². The average Bonchev–Trinajstić information content (AvgIpc) is 2.78. The lowest BCUT2D eigenvalue weighted by atomic mass is 10.2. The summed E-state index contributed by atoms with van der Waals surface area (Å²) in [5.41, 5.74) is 0.679. The number of sulfone groups is 1. The van der Waals surface area contributed by atoms with Crippen molar-refractivity contribution in [3.63, 3.8) is 0 Å². The molecule has 100 valence electrons. The van der Waals surface area contributed by atoms with Crippen LogP contribution in [0.25, 0.3) is 0 Å². The predicted octanol–water partition coefficient (Wildman–Crippen LogP) is 1.47. The van der Waals surface area contributed by atoms with Gasteiger partial charge in [-0.05, 0) is 5.56 Å². The lowest BCUT2D eigenvalue weighted by Crippen LogP contribution is -2.04. The Labute approximate surface area is 114 Å². The van der Waals surface area contributed by atoms with Gasteiger partial charge in [-0.2, -0.15) is 0 Å². The van der Waals surface area contributed by atoms with Gasteiger partial charge >= 0.3 is 0 Å². The van der Waals surface area contributed by atoms with Crippen LogP contribution >= 0.6 is 11.3 Å². The highest BCUT2D eigenvalue weighted by atomic mass is 32.2. The first-order chi connectivity index (χ1) is 8.97. The van der Waals surface area contributed by atoms with Crippen LogP contribution in [0.3, 0.4) is 0 Å². The van der Waals surface area contributed by atoms with Gasteiger partial charge in [0.2, 0.25) is 25.2 Å². The third-order valence-electron chi connectivity index (χ3n) is 2.15. The Kier molecular flexibility index (Phi) is 3.91. The standard InChI is InChI=1S/C11H11N3O3S2/c1-8(15)12-10-13-14-11(18-10)19(16,17)7-9-5-3-2-4-6-9/h2-6H,7H2,1H3,(H,12,13,15). The molecule has 0 aliphatic heterocycles. The minimum absolute atomic E-state index is 0.0971. The first-order valence-corrected chi connectivity index (χ1v) is 7.82. The third-order valence-corrected chi connectivity index (χ3v) is 5.13. The summed E-state index contributed by atoms with van der Waals surface area (Å²) in [7, 11) is -3.53. The normalized spacial score (nSPS) is 11.2. The summed E-state index contributed by atoms with van der Waals surface area (Å²) < 4.78 is 24.1. The Balaban J connectivity index is 2.20. The number of carbonyl (C=O) groups is 1. The van der Waals surface area contributed by atoms with Gasteiger partial charge in [0.05, 0.1) is 5.75 Å². The molecular weight excluding hydrogens is 286 g/mol. The van der Waals surface area contributed by atoms with Gasteiger partial charge in [-0.15, -0.1) is 10.2 Å². The minimum Gasteiger partial charge on any atom is -0.301 e. The molecule has 1 amide bonds. The van der Waals surface area contributed by atoms with E-state index in [4.69, 9.17) is 0 Å². The van der Waals surface area contributed by atoms with Gasteiger partial charge in [-0.1, -0.05) is 41.7 Å². The highest BCUT2D eigenvalue weighted by Crippen LogP contribution is 2.23. The topological polar surface area (TPSA) is 89.0 Å². The van der Waals surface area contributed by atoms with Crippen molar-refractivity contribution in [2.75, 3.05) is 5.32 Å². The number of anilines is 1. The molecule has 1 heterocycles. The summed E-state index contributed by atoms with van der Waals surface area (Å²) in [6, 6.07) is 8.82. The molecule has 1 aromatic heterocycles. The molecule has 1 aromatic carbocycles. The Bertz CT molecular complexity index is 680. The van der Waals surface area contributed by atoms with Crippen molar-refractivity contribution in [2.45, 2.75) is 17.0 Å². The lowest BCUT2D eigenvalue weighted by molar-refractivity contribution is -0.114. The van der Waals surface area contributed by atoms with Gasteiger partial charge in [0, 0.05) is 6.92 Å². The fourth-order valence-electron chi connectivity index (χ4n) is 1.39. The summed E-state index contributed by atoms with van der Waals surface area (Å²) in [6.07, 6.45) is 0. The van der Waals surface area contributed by atoms with Crippen LogP contribution in [0.4, 0.5) is 5.13 Å². The van der Waals surface area contributed by atoms with Crippen LogP contribution in [0.5, 0.6) is 0 Å². The second-order valence-corrected chi connectivity index (χ2v) is 6.94. The molecule has 0 bridgehead atoms. The monoisotopic (exact) mass is 297 g/mol. The molecule has 0 aliphatic rings. The number of hydrogen-bond acceptors (Lipinski definition) is 6. The predicted molar refractivity (Wildman–Crippen MR) is 71.5 cm³/mol. The molecule has 19 heavy (non-hydrogen) atoms. The van der Waals surface area contributed by atoms with Crippen LogP contribution in [0.1, 0.15) is 12.5 Å². The van der Waals surface area contributed by atoms with E-state index in [1.54, 1.807) is 24.3 Å². The molecular formula is C11H11N3O3S2. The number of amides is 1. The number of aromatic nitrogens is 2. The Morgan fingerprint density at radius 2 is 1.95 bits per heavy atom. The molecule has 6 nitrogen and oxygen atoms in total. The maximum absolute atomic E-state index is 12.1. The van der Waals surface area contributed by atoms with Crippen LogP contribution in [0.15, 0.2) is 34.7 Å². The SMILES string of the molecule is CC(=O)Nc1nnc(S(=O)(=O)Cc2ccccc2)s1. The zero-order chi connectivity index (χ0) is 13.9. The molecule has 2 aromatic rings. The molecule has 0 atom stereocenters. The van der Waals surface area contributed by atoms with E-state index in [2.05, 4.69) is 15.5 Å². The third kappa shape index (κ3) is 3.58. The van der Waals surface area contributed by atoms with Gasteiger partial charge < -0.3 is 5.32 Å². The maximum atomic E-state index is 12.1. The van der Waals surface area contributed by atoms with Crippen LogP contribution in [0, 0.1) is 0 Å². The Morgan fingerprint density at radius 3 is 2.58 bits per heavy atom. The van der Waals surface area contributed by atoms with Crippen LogP contribution < -0.4 is 5.32 Å². The van der Waals surface area contributed by atoms with E-state index < -0.39 is 9.84 Å². The molecule has 8 heteroatoms. The Hall–Kier alpha value is -1.80. The molecule has 0 unspecified atom stereocenters. The van der Waals surface area contributed by atoms with E-state index in [0.717, 1.165) is 11.3 Å². The van der Waals surface area contributed by atoms with Gasteiger partial charge in [0.25, 0.3) is 0 Å². The molecule has 0 fully saturated rings. The largest absolute Gasteiger partial charge is 0.301 e. The lowest BCUT2D eigenvalue weighted by Gasteiger charge is -1.99. The molecule has 0 saturated heterocycles. The van der Waals surface area contributed by atoms with Crippen LogP contribution in [-0.4, -0.2) is 24.5 Å². The first kappa shape index (κ1) is 13.6. The zero-order valence-corrected chi connectivity index (χ0v) is 11.7. The van der Waals surface area contributed by atoms with Crippen molar-refractivity contribution >= 4 is 32.2 Å². The number of nitrogens with zero attached hydrogens (tertiary/aromatic N) is 2. The van der Waals surface area contributed by atoms with Crippen LogP contribution in [0.2, 0.25) is 0 Å². The van der Waals surface area contributed by atoms with Gasteiger partial charge in [0.1, 0.15) is 0 Å². The van der Waals surface area contributed by atoms with Crippen molar-refractivity contribution in [2.24, 2.45) is 0 Å². The van der Waals surface area contributed by atoms with E-state index in [-0.39, 0.29) is 21.1 Å². The van der Waals surface area contributed by atoms with Gasteiger partial charge in [-0.25, -0.2) is 8.42 Å². The van der Waals surface area contributed by atoms with Gasteiger partial charge in [-0.3, -0.25) is 4.79 Å².